The molecule has 0 unspecified atom stereocenters. The van der Waals surface area contributed by atoms with Crippen LogP contribution in [0, 0.1) is 11.6 Å². The molecule has 3 N–H and O–H groups in total. The number of hydrogen-bond acceptors (Lipinski definition) is 9. The normalized spacial score (nSPS) is 10.7. The molecule has 0 aliphatic carbocycles. The molecule has 0 aliphatic rings. The first-order valence-electron chi connectivity index (χ1n) is 10.8. The fourth-order valence-electron chi connectivity index (χ4n) is 3.30. The quantitative estimate of drug-likeness (QED) is 0.154. The molecule has 0 atom stereocenters. The van der Waals surface area contributed by atoms with E-state index in [1.165, 1.54) is 36.5 Å². The van der Waals surface area contributed by atoms with E-state index in [1.807, 2.05) is 0 Å². The number of carbonyl (C=O) groups excluding carboxylic acids is 1. The van der Waals surface area contributed by atoms with E-state index in [9.17, 15) is 32.7 Å². The van der Waals surface area contributed by atoms with Crippen molar-refractivity contribution in [3.05, 3.63) is 99.6 Å². The summed E-state index contributed by atoms with van der Waals surface area (Å²) in [6.45, 7) is 0. The Hall–Kier alpha value is -2.29. The van der Waals surface area contributed by atoms with E-state index in [-0.39, 0.29) is 92.8 Å². The van der Waals surface area contributed by atoms with Gasteiger partial charge in [0.05, 0.1) is 0 Å². The summed E-state index contributed by atoms with van der Waals surface area (Å²) >= 11 is 6.00. The molecule has 0 radical (unpaired) electrons. The second-order valence-electron chi connectivity index (χ2n) is 7.80. The molecule has 1 amide bonds. The molecule has 2 aromatic heterocycles. The Labute approximate surface area is 280 Å². The smallest absolute Gasteiger partial charge is 0.808 e. The summed E-state index contributed by atoms with van der Waals surface area (Å²) in [5, 5.41) is 2.27. The molecule has 202 valence electrons. The van der Waals surface area contributed by atoms with Crippen LogP contribution >= 0.6 is 19.2 Å². The van der Waals surface area contributed by atoms with Crippen LogP contribution in [0.4, 0.5) is 20.3 Å². The van der Waals surface area contributed by atoms with Gasteiger partial charge in [0.15, 0.2) is 17.3 Å². The van der Waals surface area contributed by atoms with Crippen LogP contribution in [0.1, 0.15) is 10.4 Å². The summed E-state index contributed by atoms with van der Waals surface area (Å²) in [5.41, 5.74) is 3.96. The summed E-state index contributed by atoms with van der Waals surface area (Å²) in [5.74, 6) is -3.41. The number of anilines is 2. The third-order valence-corrected chi connectivity index (χ3v) is 5.88. The number of nitrogens with one attached hydrogen (secondary N) is 1. The molecular formula is C24H16ClF2N4Na2O7P. The summed E-state index contributed by atoms with van der Waals surface area (Å²) in [7, 11) is -5.18. The molecule has 2 aromatic carbocycles. The molecule has 4 aromatic rings. The fraction of sp³-hybridized carbons (Fsp3) is 0.0417. The van der Waals surface area contributed by atoms with Crippen LogP contribution in [0.2, 0.25) is 5.02 Å². The minimum Gasteiger partial charge on any atom is -0.808 e. The number of carbonyl (C=O) groups is 1. The first-order chi connectivity index (χ1) is 18.4. The predicted octanol–water partition coefficient (Wildman–Crippen LogP) is -2.95. The molecule has 0 spiro atoms. The number of ether oxygens (including phenoxy) is 2. The number of hydrogen-bond donors (Lipinski definition) is 2. The van der Waals surface area contributed by atoms with Gasteiger partial charge in [0.1, 0.15) is 34.3 Å². The Kier molecular flexibility index (Phi) is 12.6. The van der Waals surface area contributed by atoms with Crippen molar-refractivity contribution in [2.24, 2.45) is 0 Å². The van der Waals surface area contributed by atoms with E-state index in [1.54, 1.807) is 0 Å². The molecule has 0 fully saturated rings. The van der Waals surface area contributed by atoms with Crippen molar-refractivity contribution in [1.82, 2.24) is 9.55 Å². The molecule has 17 heteroatoms. The molecule has 41 heavy (non-hydrogen) atoms. The summed E-state index contributed by atoms with van der Waals surface area (Å²) in [6, 6.07) is 10.4. The van der Waals surface area contributed by atoms with Gasteiger partial charge in [0.2, 0.25) is 0 Å². The van der Waals surface area contributed by atoms with E-state index >= 15 is 0 Å². The van der Waals surface area contributed by atoms with Crippen molar-refractivity contribution >= 4 is 36.6 Å². The molecule has 0 saturated heterocycles. The van der Waals surface area contributed by atoms with Crippen molar-refractivity contribution < 1.29 is 96.5 Å². The van der Waals surface area contributed by atoms with Crippen LogP contribution in [0.25, 0.3) is 5.69 Å². The molecule has 2 heterocycles. The van der Waals surface area contributed by atoms with E-state index in [2.05, 4.69) is 10.3 Å². The van der Waals surface area contributed by atoms with Crippen molar-refractivity contribution in [3.63, 3.8) is 0 Å². The van der Waals surface area contributed by atoms with Crippen molar-refractivity contribution in [2.75, 3.05) is 17.4 Å². The molecule has 0 bridgehead atoms. The zero-order chi connectivity index (χ0) is 28.3. The van der Waals surface area contributed by atoms with Crippen LogP contribution in [-0.2, 0) is 4.57 Å². The maximum Gasteiger partial charge on any atom is 1.00 e. The SMILES string of the molecule is Nc1nccc(Oc2ccc(NC(=O)c3c(OCP(=O)([O-])[O-])ccn(-c4ccc(F)cc4)c3=O)cc2F)c1Cl.[Na+].[Na+]. The number of amides is 1. The standard InChI is InChI=1S/C24H18ClF2N4O7P.2Na/c25-21-19(7-9-29-22(21)28)38-17-6-3-14(11-16(17)27)30-23(32)20-18(37-12-39(34,35)36)8-10-31(24(20)33)15-4-1-13(26)2-5-15;;/h1-11H,12H2,(H2,28,29)(H,30,32)(H2,34,35,36);;/q;2*+1/p-2. The third-order valence-electron chi connectivity index (χ3n) is 5.05. The van der Waals surface area contributed by atoms with Gasteiger partial charge in [-0.2, -0.15) is 0 Å². The van der Waals surface area contributed by atoms with Crippen LogP contribution in [0.5, 0.6) is 17.2 Å². The summed E-state index contributed by atoms with van der Waals surface area (Å²) in [4.78, 5) is 52.2. The van der Waals surface area contributed by atoms with Gasteiger partial charge in [0.25, 0.3) is 11.5 Å². The van der Waals surface area contributed by atoms with Gasteiger partial charge in [-0.15, -0.1) is 0 Å². The van der Waals surface area contributed by atoms with Gasteiger partial charge < -0.3 is 34.9 Å². The van der Waals surface area contributed by atoms with Crippen LogP contribution in [-0.4, -0.2) is 21.8 Å². The summed E-state index contributed by atoms with van der Waals surface area (Å²) < 4.78 is 50.5. The Bertz CT molecular complexity index is 1670. The Morgan fingerprint density at radius 2 is 1.73 bits per heavy atom. The van der Waals surface area contributed by atoms with Gasteiger partial charge in [-0.1, -0.05) is 11.6 Å². The zero-order valence-electron chi connectivity index (χ0n) is 21.5. The van der Waals surface area contributed by atoms with Crippen LogP contribution < -0.4 is 95.0 Å². The average molecular weight is 623 g/mol. The largest absolute Gasteiger partial charge is 1.00 e. The van der Waals surface area contributed by atoms with Gasteiger partial charge in [-0.3, -0.25) is 14.2 Å². The Morgan fingerprint density at radius 3 is 2.37 bits per heavy atom. The van der Waals surface area contributed by atoms with Gasteiger partial charge in [0, 0.05) is 35.9 Å². The number of aromatic nitrogens is 2. The third kappa shape index (κ3) is 8.85. The second-order valence-corrected chi connectivity index (χ2v) is 9.66. The molecule has 4 rings (SSSR count). The summed E-state index contributed by atoms with van der Waals surface area (Å²) in [6.07, 6.45) is 1.11. The van der Waals surface area contributed by atoms with Gasteiger partial charge in [-0.05, 0) is 50.1 Å². The monoisotopic (exact) mass is 622 g/mol. The zero-order valence-corrected chi connectivity index (χ0v) is 27.1. The first-order valence-corrected chi connectivity index (χ1v) is 12.9. The first kappa shape index (κ1) is 34.9. The second kappa shape index (κ2) is 14.7. The number of pyridine rings is 2. The number of nitrogens with two attached hydrogens (primary N) is 1. The van der Waals surface area contributed by atoms with Gasteiger partial charge in [-0.25, -0.2) is 13.8 Å². The van der Waals surface area contributed by atoms with Crippen molar-refractivity contribution in [2.45, 2.75) is 0 Å². The predicted molar refractivity (Wildman–Crippen MR) is 133 cm³/mol. The maximum absolute atomic E-state index is 14.8. The number of benzene rings is 2. The van der Waals surface area contributed by atoms with Gasteiger partial charge >= 0.3 is 59.1 Å². The molecule has 11 nitrogen and oxygen atoms in total. The number of halogens is 3. The van der Waals surface area contributed by atoms with Crippen molar-refractivity contribution in [3.8, 4) is 22.9 Å². The number of nitrogens with zero attached hydrogens (tertiary/aromatic N) is 2. The van der Waals surface area contributed by atoms with Crippen LogP contribution in [0.3, 0.4) is 0 Å². The molecular weight excluding hydrogens is 607 g/mol. The van der Waals surface area contributed by atoms with E-state index in [0.717, 1.165) is 35.0 Å². The van der Waals surface area contributed by atoms with Crippen LogP contribution in [0.15, 0.2) is 71.8 Å². The number of rotatable bonds is 8. The minimum absolute atomic E-state index is 0. The fourth-order valence-corrected chi connectivity index (χ4v) is 3.74. The van der Waals surface area contributed by atoms with E-state index in [4.69, 9.17) is 26.8 Å². The van der Waals surface area contributed by atoms with E-state index < -0.39 is 48.4 Å². The molecule has 0 aliphatic heterocycles. The molecule has 0 saturated carbocycles. The van der Waals surface area contributed by atoms with Crippen molar-refractivity contribution in [1.29, 1.82) is 0 Å². The topological polar surface area (TPSA) is 172 Å². The maximum atomic E-state index is 14.8. The Balaban J connectivity index is 0.00000294. The Morgan fingerprint density at radius 1 is 1.05 bits per heavy atom. The number of nitrogen functional groups attached to an aromatic ring is 1. The average Bonchev–Trinajstić information content (AvgIpc) is 2.87. The van der Waals surface area contributed by atoms with E-state index in [0.29, 0.717) is 0 Å². The minimum atomic E-state index is -5.18.